The number of amides is 2. The summed E-state index contributed by atoms with van der Waals surface area (Å²) in [5.41, 5.74) is 2.22. The molecule has 5 rings (SSSR count). The molecule has 3 heterocycles. The highest BCUT2D eigenvalue weighted by Crippen LogP contribution is 2.35. The van der Waals surface area contributed by atoms with E-state index in [0.717, 1.165) is 11.1 Å². The van der Waals surface area contributed by atoms with E-state index in [1.54, 1.807) is 53.1 Å². The van der Waals surface area contributed by atoms with E-state index in [1.165, 1.54) is 0 Å². The van der Waals surface area contributed by atoms with Gasteiger partial charge in [-0.1, -0.05) is 41.9 Å². The van der Waals surface area contributed by atoms with Gasteiger partial charge in [-0.15, -0.1) is 0 Å². The van der Waals surface area contributed by atoms with Crippen LogP contribution < -0.4 is 10.2 Å². The molecule has 0 spiro atoms. The first-order valence-electron chi connectivity index (χ1n) is 10.9. The van der Waals surface area contributed by atoms with Crippen LogP contribution in [-0.4, -0.2) is 27.1 Å². The SMILES string of the molecule is Cc1ccccc1N1C(=O)c2cc(-c3ccco3)nn2C[C@]1(C)C(=O)NCc1ccc(Cl)cc1. The van der Waals surface area contributed by atoms with Gasteiger partial charge in [0.25, 0.3) is 5.91 Å². The lowest BCUT2D eigenvalue weighted by Gasteiger charge is -2.43. The second-order valence-corrected chi connectivity index (χ2v) is 9.00. The van der Waals surface area contributed by atoms with Crippen molar-refractivity contribution in [1.82, 2.24) is 15.1 Å². The lowest BCUT2D eigenvalue weighted by Crippen LogP contribution is -2.64. The number of para-hydroxylation sites is 1. The van der Waals surface area contributed by atoms with Crippen molar-refractivity contribution in [3.63, 3.8) is 0 Å². The number of fused-ring (bicyclic) bond motifs is 1. The number of hydrogen-bond acceptors (Lipinski definition) is 4. The number of anilines is 1. The zero-order valence-corrected chi connectivity index (χ0v) is 19.5. The number of rotatable bonds is 5. The van der Waals surface area contributed by atoms with E-state index >= 15 is 0 Å². The van der Waals surface area contributed by atoms with Crippen molar-refractivity contribution in [1.29, 1.82) is 0 Å². The van der Waals surface area contributed by atoms with Crippen molar-refractivity contribution in [3.8, 4) is 11.5 Å². The van der Waals surface area contributed by atoms with Gasteiger partial charge in [-0.25, -0.2) is 0 Å². The normalized spacial score (nSPS) is 17.5. The number of nitrogens with one attached hydrogen (secondary N) is 1. The molecule has 2 aromatic heterocycles. The Morgan fingerprint density at radius 1 is 1.15 bits per heavy atom. The Morgan fingerprint density at radius 3 is 2.62 bits per heavy atom. The summed E-state index contributed by atoms with van der Waals surface area (Å²) in [7, 11) is 0. The van der Waals surface area contributed by atoms with Crippen LogP contribution in [0.2, 0.25) is 5.02 Å². The van der Waals surface area contributed by atoms with Gasteiger partial charge in [-0.2, -0.15) is 5.10 Å². The van der Waals surface area contributed by atoms with E-state index in [4.69, 9.17) is 16.0 Å². The molecule has 1 N–H and O–H groups in total. The average Bonchev–Trinajstić information content (AvgIpc) is 3.50. The second kappa shape index (κ2) is 8.50. The third-order valence-corrected chi connectivity index (χ3v) is 6.39. The summed E-state index contributed by atoms with van der Waals surface area (Å²) in [4.78, 5) is 29.1. The molecule has 2 aromatic carbocycles. The van der Waals surface area contributed by atoms with Crippen LogP contribution in [0.15, 0.2) is 77.4 Å². The van der Waals surface area contributed by atoms with Crippen LogP contribution in [0, 0.1) is 6.92 Å². The van der Waals surface area contributed by atoms with Gasteiger partial charge in [0.15, 0.2) is 5.76 Å². The van der Waals surface area contributed by atoms with E-state index in [9.17, 15) is 9.59 Å². The molecule has 0 saturated heterocycles. The fourth-order valence-corrected chi connectivity index (χ4v) is 4.42. The Hall–Kier alpha value is -3.84. The molecule has 0 bridgehead atoms. The smallest absolute Gasteiger partial charge is 0.277 e. The predicted octanol–water partition coefficient (Wildman–Crippen LogP) is 4.84. The largest absolute Gasteiger partial charge is 0.463 e. The first kappa shape index (κ1) is 22.0. The maximum Gasteiger partial charge on any atom is 0.277 e. The maximum atomic E-state index is 13.8. The van der Waals surface area contributed by atoms with Gasteiger partial charge in [-0.05, 0) is 55.3 Å². The topological polar surface area (TPSA) is 80.4 Å². The Bertz CT molecular complexity index is 1360. The number of carbonyl (C=O) groups excluding carboxylic acids is 2. The summed E-state index contributed by atoms with van der Waals surface area (Å²) in [5, 5.41) is 8.21. The first-order chi connectivity index (χ1) is 16.4. The second-order valence-electron chi connectivity index (χ2n) is 8.56. The van der Waals surface area contributed by atoms with E-state index in [-0.39, 0.29) is 18.4 Å². The van der Waals surface area contributed by atoms with Gasteiger partial charge in [0, 0.05) is 23.3 Å². The molecule has 0 unspecified atom stereocenters. The molecule has 1 atom stereocenters. The molecule has 172 valence electrons. The number of benzene rings is 2. The molecule has 0 fully saturated rings. The fourth-order valence-electron chi connectivity index (χ4n) is 4.29. The Balaban J connectivity index is 1.54. The van der Waals surface area contributed by atoms with Crippen LogP contribution in [0.25, 0.3) is 11.5 Å². The van der Waals surface area contributed by atoms with Crippen LogP contribution in [0.1, 0.15) is 28.5 Å². The van der Waals surface area contributed by atoms with Crippen molar-refractivity contribution >= 4 is 29.1 Å². The number of aromatic nitrogens is 2. The molecular weight excluding hydrogens is 452 g/mol. The summed E-state index contributed by atoms with van der Waals surface area (Å²) in [6.07, 6.45) is 1.56. The minimum absolute atomic E-state index is 0.190. The molecule has 0 aliphatic carbocycles. The molecule has 7 nitrogen and oxygen atoms in total. The third-order valence-electron chi connectivity index (χ3n) is 6.14. The molecule has 8 heteroatoms. The minimum Gasteiger partial charge on any atom is -0.463 e. The van der Waals surface area contributed by atoms with Gasteiger partial charge in [0.05, 0.1) is 12.8 Å². The molecule has 2 amide bonds. The number of nitrogens with zero attached hydrogens (tertiary/aromatic N) is 3. The van der Waals surface area contributed by atoms with Gasteiger partial charge in [-0.3, -0.25) is 19.2 Å². The Morgan fingerprint density at radius 2 is 1.91 bits per heavy atom. The van der Waals surface area contributed by atoms with E-state index in [1.807, 2.05) is 43.3 Å². The highest BCUT2D eigenvalue weighted by atomic mass is 35.5. The number of aryl methyl sites for hydroxylation is 1. The highest BCUT2D eigenvalue weighted by molar-refractivity contribution is 6.30. The van der Waals surface area contributed by atoms with Crippen molar-refractivity contribution in [2.75, 3.05) is 4.90 Å². The summed E-state index contributed by atoms with van der Waals surface area (Å²) < 4.78 is 7.06. The molecule has 1 aliphatic heterocycles. The fraction of sp³-hybridized carbons (Fsp3) is 0.192. The van der Waals surface area contributed by atoms with Crippen LogP contribution in [0.3, 0.4) is 0 Å². The van der Waals surface area contributed by atoms with Gasteiger partial charge >= 0.3 is 0 Å². The highest BCUT2D eigenvalue weighted by Gasteiger charge is 2.49. The van der Waals surface area contributed by atoms with Crippen molar-refractivity contribution < 1.29 is 14.0 Å². The Labute approximate surface area is 201 Å². The summed E-state index contributed by atoms with van der Waals surface area (Å²) >= 11 is 5.98. The van der Waals surface area contributed by atoms with Gasteiger partial charge in [0.2, 0.25) is 5.91 Å². The van der Waals surface area contributed by atoms with Crippen LogP contribution in [-0.2, 0) is 17.9 Å². The predicted molar refractivity (Wildman–Crippen MR) is 130 cm³/mol. The standard InChI is InChI=1S/C26H23ClN4O3/c1-17-6-3-4-7-21(17)31-24(32)22-14-20(23-8-5-13-34-23)29-30(22)16-26(31,2)25(33)28-15-18-9-11-19(27)12-10-18/h3-14H,15-16H2,1-2H3,(H,28,33)/t26-/m1/s1. The Kier molecular flexibility index (Phi) is 5.49. The molecule has 0 radical (unpaired) electrons. The molecule has 4 aromatic rings. The molecule has 1 aliphatic rings. The van der Waals surface area contributed by atoms with Crippen molar-refractivity contribution in [2.45, 2.75) is 32.5 Å². The van der Waals surface area contributed by atoms with Gasteiger partial charge in [0.1, 0.15) is 16.9 Å². The van der Waals surface area contributed by atoms with E-state index < -0.39 is 5.54 Å². The van der Waals surface area contributed by atoms with Crippen molar-refractivity contribution in [2.24, 2.45) is 0 Å². The van der Waals surface area contributed by atoms with Crippen LogP contribution in [0.4, 0.5) is 5.69 Å². The summed E-state index contributed by atoms with van der Waals surface area (Å²) in [6.45, 7) is 4.20. The monoisotopic (exact) mass is 474 g/mol. The summed E-state index contributed by atoms with van der Waals surface area (Å²) in [5.74, 6) is -0.0132. The lowest BCUT2D eigenvalue weighted by atomic mass is 9.93. The number of carbonyl (C=O) groups is 2. The average molecular weight is 475 g/mol. The number of furan rings is 1. The minimum atomic E-state index is -1.21. The van der Waals surface area contributed by atoms with Crippen molar-refractivity contribution in [3.05, 3.63) is 94.8 Å². The third kappa shape index (κ3) is 3.78. The van der Waals surface area contributed by atoms with E-state index in [0.29, 0.717) is 34.4 Å². The number of halogens is 1. The first-order valence-corrected chi connectivity index (χ1v) is 11.3. The quantitative estimate of drug-likeness (QED) is 0.449. The zero-order valence-electron chi connectivity index (χ0n) is 18.8. The summed E-state index contributed by atoms with van der Waals surface area (Å²) in [6, 6.07) is 20.1. The lowest BCUT2D eigenvalue weighted by molar-refractivity contribution is -0.126. The van der Waals surface area contributed by atoms with E-state index in [2.05, 4.69) is 10.4 Å². The number of hydrogen-bond donors (Lipinski definition) is 1. The molecule has 34 heavy (non-hydrogen) atoms. The molecular formula is C26H23ClN4O3. The maximum absolute atomic E-state index is 13.8. The van der Waals surface area contributed by atoms with Crippen LogP contribution >= 0.6 is 11.6 Å². The van der Waals surface area contributed by atoms with Gasteiger partial charge < -0.3 is 9.73 Å². The van der Waals surface area contributed by atoms with Crippen LogP contribution in [0.5, 0.6) is 0 Å². The zero-order chi connectivity index (χ0) is 23.9. The molecule has 0 saturated carbocycles.